The molecule has 0 bridgehead atoms. The Morgan fingerprint density at radius 2 is 2.20 bits per heavy atom. The highest BCUT2D eigenvalue weighted by Gasteiger charge is 2.30. The summed E-state index contributed by atoms with van der Waals surface area (Å²) in [5.41, 5.74) is 2.07. The van der Waals surface area contributed by atoms with Crippen LogP contribution in [-0.4, -0.2) is 29.6 Å². The summed E-state index contributed by atoms with van der Waals surface area (Å²) < 4.78 is 5.56. The van der Waals surface area contributed by atoms with Gasteiger partial charge in [0.15, 0.2) is 6.10 Å². The number of carbonyl (C=O) groups excluding carboxylic acids is 1. The Labute approximate surface area is 117 Å². The number of fused-ring (bicyclic) bond motifs is 1. The van der Waals surface area contributed by atoms with Gasteiger partial charge >= 0.3 is 5.97 Å². The number of allylic oxidation sites excluding steroid dienone is 1. The summed E-state index contributed by atoms with van der Waals surface area (Å²) in [6, 6.07) is 5.36. The smallest absolute Gasteiger partial charge is 0.328 e. The summed E-state index contributed by atoms with van der Waals surface area (Å²) in [7, 11) is 0. The van der Waals surface area contributed by atoms with Crippen molar-refractivity contribution in [3.05, 3.63) is 29.8 Å². The number of anilines is 1. The molecule has 106 valence electrons. The topological polar surface area (TPSA) is 66.8 Å². The van der Waals surface area contributed by atoms with Gasteiger partial charge in [-0.15, -0.1) is 0 Å². The van der Waals surface area contributed by atoms with Gasteiger partial charge in [0, 0.05) is 12.6 Å². The monoisotopic (exact) mass is 275 g/mol. The first-order valence-electron chi connectivity index (χ1n) is 6.47. The first kappa shape index (κ1) is 14.1. The van der Waals surface area contributed by atoms with Gasteiger partial charge in [-0.05, 0) is 44.0 Å². The maximum absolute atomic E-state index is 12.1. The molecule has 1 amide bonds. The van der Waals surface area contributed by atoms with Crippen LogP contribution in [0.25, 0.3) is 5.57 Å². The molecule has 1 aromatic carbocycles. The Hall–Kier alpha value is -2.30. The van der Waals surface area contributed by atoms with Crippen LogP contribution in [0.1, 0.15) is 26.3 Å². The number of benzene rings is 1. The van der Waals surface area contributed by atoms with Crippen molar-refractivity contribution in [3.8, 4) is 5.75 Å². The lowest BCUT2D eigenvalue weighted by Gasteiger charge is -2.32. The van der Waals surface area contributed by atoms with Crippen LogP contribution < -0.4 is 9.64 Å². The minimum Gasteiger partial charge on any atom is -0.479 e. The van der Waals surface area contributed by atoms with Crippen LogP contribution in [0, 0.1) is 0 Å². The van der Waals surface area contributed by atoms with Crippen LogP contribution in [0.4, 0.5) is 5.69 Å². The SMILES string of the molecule is CCN1C(=O)C(C)Oc2ccc(/C(C)=C/C(=O)O)cc21. The molecule has 1 aromatic rings. The fourth-order valence-corrected chi connectivity index (χ4v) is 2.25. The number of carboxylic acids is 1. The van der Waals surface area contributed by atoms with Crippen molar-refractivity contribution in [2.24, 2.45) is 0 Å². The van der Waals surface area contributed by atoms with Crippen molar-refractivity contribution >= 4 is 23.1 Å². The van der Waals surface area contributed by atoms with Crippen molar-refractivity contribution in [2.75, 3.05) is 11.4 Å². The van der Waals surface area contributed by atoms with Gasteiger partial charge in [-0.3, -0.25) is 4.79 Å². The highest BCUT2D eigenvalue weighted by molar-refractivity contribution is 6.00. The number of hydrogen-bond donors (Lipinski definition) is 1. The molecule has 1 aliphatic heterocycles. The molecule has 2 rings (SSSR count). The quantitative estimate of drug-likeness (QED) is 0.860. The second-order valence-electron chi connectivity index (χ2n) is 4.69. The van der Waals surface area contributed by atoms with Crippen molar-refractivity contribution in [1.82, 2.24) is 0 Å². The Morgan fingerprint density at radius 3 is 2.80 bits per heavy atom. The second kappa shape index (κ2) is 5.36. The number of carboxylic acid groups (broad SMARTS) is 1. The summed E-state index contributed by atoms with van der Waals surface area (Å²) in [6.45, 7) is 5.88. The third-order valence-corrected chi connectivity index (χ3v) is 3.28. The standard InChI is InChI=1S/C15H17NO4/c1-4-16-12-8-11(9(2)7-14(17)18)5-6-13(12)20-10(3)15(16)19/h5-8,10H,4H2,1-3H3,(H,17,18)/b9-7+. The Balaban J connectivity index is 2.47. The Bertz CT molecular complexity index is 592. The normalized spacial score (nSPS) is 18.6. The van der Waals surface area contributed by atoms with E-state index in [-0.39, 0.29) is 5.91 Å². The van der Waals surface area contributed by atoms with Gasteiger partial charge in [-0.2, -0.15) is 0 Å². The number of likely N-dealkylation sites (N-methyl/N-ethyl adjacent to an activating group) is 1. The maximum atomic E-state index is 12.1. The number of amides is 1. The lowest BCUT2D eigenvalue weighted by molar-refractivity contribution is -0.131. The zero-order chi connectivity index (χ0) is 14.9. The maximum Gasteiger partial charge on any atom is 0.328 e. The average molecular weight is 275 g/mol. The van der Waals surface area contributed by atoms with Gasteiger partial charge in [0.2, 0.25) is 0 Å². The van der Waals surface area contributed by atoms with Gasteiger partial charge in [-0.1, -0.05) is 6.07 Å². The third kappa shape index (κ3) is 2.52. The molecule has 5 heteroatoms. The minimum absolute atomic E-state index is 0.0861. The first-order valence-corrected chi connectivity index (χ1v) is 6.47. The molecule has 0 saturated carbocycles. The van der Waals surface area contributed by atoms with Gasteiger partial charge in [0.05, 0.1) is 5.69 Å². The average Bonchev–Trinajstić information content (AvgIpc) is 2.39. The van der Waals surface area contributed by atoms with E-state index >= 15 is 0 Å². The molecule has 5 nitrogen and oxygen atoms in total. The van der Waals surface area contributed by atoms with Gasteiger partial charge < -0.3 is 14.7 Å². The summed E-state index contributed by atoms with van der Waals surface area (Å²) >= 11 is 0. The first-order chi connectivity index (χ1) is 9.43. The molecule has 0 saturated heterocycles. The number of rotatable bonds is 3. The van der Waals surface area contributed by atoms with E-state index < -0.39 is 12.1 Å². The van der Waals surface area contributed by atoms with Crippen molar-refractivity contribution < 1.29 is 19.4 Å². The van der Waals surface area contributed by atoms with E-state index in [0.717, 1.165) is 11.6 Å². The number of carbonyl (C=O) groups is 2. The molecule has 1 heterocycles. The lowest BCUT2D eigenvalue weighted by Crippen LogP contribution is -2.44. The highest BCUT2D eigenvalue weighted by atomic mass is 16.5. The van der Waals surface area contributed by atoms with Crippen molar-refractivity contribution in [1.29, 1.82) is 0 Å². The predicted molar refractivity (Wildman–Crippen MR) is 75.8 cm³/mol. The van der Waals surface area contributed by atoms with E-state index in [0.29, 0.717) is 23.6 Å². The number of nitrogens with zero attached hydrogens (tertiary/aromatic N) is 1. The molecule has 0 spiro atoms. The summed E-state index contributed by atoms with van der Waals surface area (Å²) in [5.74, 6) is -0.434. The Morgan fingerprint density at radius 1 is 1.50 bits per heavy atom. The molecule has 1 aliphatic rings. The number of hydrogen-bond acceptors (Lipinski definition) is 3. The van der Waals surface area contributed by atoms with Crippen LogP contribution in [0.3, 0.4) is 0 Å². The fourth-order valence-electron chi connectivity index (χ4n) is 2.25. The van der Waals surface area contributed by atoms with E-state index in [1.54, 1.807) is 36.9 Å². The van der Waals surface area contributed by atoms with Crippen LogP contribution in [0.5, 0.6) is 5.75 Å². The molecule has 0 radical (unpaired) electrons. The van der Waals surface area contributed by atoms with Crippen LogP contribution in [0.15, 0.2) is 24.3 Å². The molecule has 1 unspecified atom stereocenters. The van der Waals surface area contributed by atoms with Crippen LogP contribution >= 0.6 is 0 Å². The highest BCUT2D eigenvalue weighted by Crippen LogP contribution is 2.36. The van der Waals surface area contributed by atoms with Crippen LogP contribution in [0.2, 0.25) is 0 Å². The second-order valence-corrected chi connectivity index (χ2v) is 4.69. The Kier molecular flexibility index (Phi) is 3.79. The summed E-state index contributed by atoms with van der Waals surface area (Å²) in [6.07, 6.45) is 0.649. The van der Waals surface area contributed by atoms with Crippen LogP contribution in [-0.2, 0) is 9.59 Å². The van der Waals surface area contributed by atoms with Crippen molar-refractivity contribution in [3.63, 3.8) is 0 Å². The zero-order valence-electron chi connectivity index (χ0n) is 11.7. The van der Waals surface area contributed by atoms with E-state index in [4.69, 9.17) is 9.84 Å². The number of aliphatic carboxylic acids is 1. The molecular formula is C15H17NO4. The largest absolute Gasteiger partial charge is 0.479 e. The molecule has 0 fully saturated rings. The molecule has 1 N–H and O–H groups in total. The summed E-state index contributed by atoms with van der Waals surface area (Å²) in [5, 5.41) is 8.79. The summed E-state index contributed by atoms with van der Waals surface area (Å²) in [4.78, 5) is 24.4. The fraction of sp³-hybridized carbons (Fsp3) is 0.333. The van der Waals surface area contributed by atoms with Crippen molar-refractivity contribution in [2.45, 2.75) is 26.9 Å². The lowest BCUT2D eigenvalue weighted by atomic mass is 10.0. The molecule has 1 atom stereocenters. The predicted octanol–water partition coefficient (Wildman–Crippen LogP) is 2.31. The van der Waals surface area contributed by atoms with E-state index in [9.17, 15) is 9.59 Å². The molecule has 20 heavy (non-hydrogen) atoms. The molecule has 0 aliphatic carbocycles. The third-order valence-electron chi connectivity index (χ3n) is 3.28. The van der Waals surface area contributed by atoms with E-state index in [1.165, 1.54) is 0 Å². The molecular weight excluding hydrogens is 258 g/mol. The van der Waals surface area contributed by atoms with Gasteiger partial charge in [0.25, 0.3) is 5.91 Å². The zero-order valence-corrected chi connectivity index (χ0v) is 11.7. The van der Waals surface area contributed by atoms with E-state index in [1.807, 2.05) is 6.92 Å². The molecule has 0 aromatic heterocycles. The van der Waals surface area contributed by atoms with E-state index in [2.05, 4.69) is 0 Å². The number of ether oxygens (including phenoxy) is 1. The van der Waals surface area contributed by atoms with Gasteiger partial charge in [-0.25, -0.2) is 4.79 Å². The minimum atomic E-state index is -0.992. The van der Waals surface area contributed by atoms with Gasteiger partial charge in [0.1, 0.15) is 5.75 Å².